The Balaban J connectivity index is 1.89. The number of benzene rings is 1. The summed E-state index contributed by atoms with van der Waals surface area (Å²) in [4.78, 5) is 10.4. The molecule has 3 aromatic heterocycles. The number of aryl methyl sites for hydroxylation is 1. The molecule has 6 nitrogen and oxygen atoms in total. The van der Waals surface area contributed by atoms with Crippen molar-refractivity contribution < 1.29 is 0 Å². The summed E-state index contributed by atoms with van der Waals surface area (Å²) >= 11 is 1.64. The molecule has 0 bridgehead atoms. The fourth-order valence-electron chi connectivity index (χ4n) is 2.65. The maximum Gasteiger partial charge on any atom is 0.190 e. The van der Waals surface area contributed by atoms with Gasteiger partial charge in [0.15, 0.2) is 5.82 Å². The van der Waals surface area contributed by atoms with Crippen LogP contribution in [-0.2, 0) is 0 Å². The molecule has 7 heteroatoms. The molecule has 0 fully saturated rings. The van der Waals surface area contributed by atoms with Gasteiger partial charge in [-0.3, -0.25) is 0 Å². The van der Waals surface area contributed by atoms with Crippen LogP contribution < -0.4 is 0 Å². The minimum atomic E-state index is 0.246. The second kappa shape index (κ2) is 6.76. The molecule has 0 aliphatic heterocycles. The highest BCUT2D eigenvalue weighted by molar-refractivity contribution is 7.13. The summed E-state index contributed by atoms with van der Waals surface area (Å²) < 4.78 is 1.73. The zero-order chi connectivity index (χ0) is 18.1. The molecular weight excluding hydrogens is 344 g/mol. The highest BCUT2D eigenvalue weighted by atomic mass is 32.1. The Bertz CT molecular complexity index is 1020. The topological polar surface area (TPSA) is 69.4 Å². The quantitative estimate of drug-likeness (QED) is 0.542. The third-order valence-electron chi connectivity index (χ3n) is 4.07. The molecule has 0 saturated heterocycles. The van der Waals surface area contributed by atoms with E-state index in [0.717, 1.165) is 27.6 Å². The van der Waals surface area contributed by atoms with Crippen molar-refractivity contribution in [3.8, 4) is 27.6 Å². The average Bonchev–Trinajstić information content (AvgIpc) is 3.34. The van der Waals surface area contributed by atoms with E-state index in [2.05, 4.69) is 47.3 Å². The molecule has 3 heterocycles. The summed E-state index contributed by atoms with van der Waals surface area (Å²) in [6.07, 6.45) is 1.83. The molecule has 4 aromatic rings. The lowest BCUT2D eigenvalue weighted by Crippen LogP contribution is -2.04. The smallest absolute Gasteiger partial charge is 0.190 e. The predicted molar refractivity (Wildman–Crippen MR) is 102 cm³/mol. The first-order valence-corrected chi connectivity index (χ1v) is 9.28. The third-order valence-corrected chi connectivity index (χ3v) is 4.94. The fourth-order valence-corrected chi connectivity index (χ4v) is 3.38. The highest BCUT2D eigenvalue weighted by Gasteiger charge is 2.19. The largest absolute Gasteiger partial charge is 0.240 e. The Hall–Kier alpha value is -2.93. The minimum Gasteiger partial charge on any atom is -0.240 e. The number of aromatic nitrogens is 6. The van der Waals surface area contributed by atoms with Crippen molar-refractivity contribution in [1.82, 2.24) is 30.2 Å². The van der Waals surface area contributed by atoms with Crippen LogP contribution in [-0.4, -0.2) is 30.2 Å². The zero-order valence-electron chi connectivity index (χ0n) is 14.8. The van der Waals surface area contributed by atoms with Gasteiger partial charge in [0.05, 0.1) is 21.8 Å². The molecule has 1 aromatic carbocycles. The lowest BCUT2D eigenvalue weighted by Gasteiger charge is -2.11. The molecule has 0 saturated carbocycles. The molecule has 0 spiro atoms. The van der Waals surface area contributed by atoms with Gasteiger partial charge in [-0.15, -0.1) is 16.4 Å². The van der Waals surface area contributed by atoms with E-state index in [1.165, 1.54) is 5.56 Å². The third kappa shape index (κ3) is 3.01. The van der Waals surface area contributed by atoms with E-state index in [0.29, 0.717) is 5.82 Å². The summed E-state index contributed by atoms with van der Waals surface area (Å²) in [7, 11) is 0. The fraction of sp³-hybridized carbons (Fsp3) is 0.211. The lowest BCUT2D eigenvalue weighted by atomic mass is 10.1. The SMILES string of the molecule is Cc1ccc(-n2nnnc2-c2cnc(C(C)C)nc2-c2cccs2)cc1. The monoisotopic (exact) mass is 362 g/mol. The number of tetrazole rings is 1. The standard InChI is InChI=1S/C19H18N6S/c1-12(2)18-20-11-15(17(21-18)16-5-4-10-26-16)19-22-23-24-25(19)14-8-6-13(3)7-9-14/h4-12H,1-3H3. The Morgan fingerprint density at radius 2 is 1.88 bits per heavy atom. The molecular formula is C19H18N6S. The highest BCUT2D eigenvalue weighted by Crippen LogP contribution is 2.33. The van der Waals surface area contributed by atoms with Gasteiger partial charge < -0.3 is 0 Å². The molecule has 130 valence electrons. The zero-order valence-corrected chi connectivity index (χ0v) is 15.6. The summed E-state index contributed by atoms with van der Waals surface area (Å²) in [5.41, 5.74) is 3.78. The molecule has 0 atom stereocenters. The lowest BCUT2D eigenvalue weighted by molar-refractivity contribution is 0.774. The molecule has 26 heavy (non-hydrogen) atoms. The minimum absolute atomic E-state index is 0.246. The van der Waals surface area contributed by atoms with Crippen LogP contribution in [0.1, 0.15) is 31.2 Å². The first-order valence-electron chi connectivity index (χ1n) is 8.40. The van der Waals surface area contributed by atoms with E-state index in [-0.39, 0.29) is 5.92 Å². The van der Waals surface area contributed by atoms with Gasteiger partial charge in [-0.05, 0) is 40.9 Å². The van der Waals surface area contributed by atoms with Gasteiger partial charge in [0, 0.05) is 12.1 Å². The Morgan fingerprint density at radius 3 is 2.58 bits per heavy atom. The Morgan fingerprint density at radius 1 is 1.08 bits per heavy atom. The van der Waals surface area contributed by atoms with E-state index < -0.39 is 0 Å². The van der Waals surface area contributed by atoms with Crippen LogP contribution in [0, 0.1) is 6.92 Å². The summed E-state index contributed by atoms with van der Waals surface area (Å²) in [6.45, 7) is 6.23. The van der Waals surface area contributed by atoms with Crippen molar-refractivity contribution in [3.05, 3.63) is 59.4 Å². The van der Waals surface area contributed by atoms with E-state index in [4.69, 9.17) is 4.98 Å². The molecule has 0 radical (unpaired) electrons. The van der Waals surface area contributed by atoms with Crippen LogP contribution in [0.4, 0.5) is 0 Å². The van der Waals surface area contributed by atoms with Crippen LogP contribution >= 0.6 is 11.3 Å². The number of rotatable bonds is 4. The Kier molecular flexibility index (Phi) is 4.30. The molecule has 4 rings (SSSR count). The predicted octanol–water partition coefficient (Wildman–Crippen LogP) is 4.28. The molecule has 0 N–H and O–H groups in total. The maximum atomic E-state index is 4.81. The van der Waals surface area contributed by atoms with Crippen LogP contribution in [0.25, 0.3) is 27.6 Å². The van der Waals surface area contributed by atoms with Crippen molar-refractivity contribution in [2.24, 2.45) is 0 Å². The van der Waals surface area contributed by atoms with Crippen LogP contribution in [0.5, 0.6) is 0 Å². The van der Waals surface area contributed by atoms with Gasteiger partial charge in [0.25, 0.3) is 0 Å². The van der Waals surface area contributed by atoms with Crippen molar-refractivity contribution in [2.45, 2.75) is 26.7 Å². The second-order valence-corrected chi connectivity index (χ2v) is 7.32. The molecule has 0 amide bonds. The van der Waals surface area contributed by atoms with Crippen LogP contribution in [0.2, 0.25) is 0 Å². The van der Waals surface area contributed by atoms with Gasteiger partial charge in [-0.25, -0.2) is 9.97 Å². The average molecular weight is 362 g/mol. The van der Waals surface area contributed by atoms with E-state index in [1.807, 2.05) is 41.9 Å². The molecule has 0 unspecified atom stereocenters. The normalized spacial score (nSPS) is 11.2. The number of thiophene rings is 1. The van der Waals surface area contributed by atoms with Crippen molar-refractivity contribution in [3.63, 3.8) is 0 Å². The Labute approximate surface area is 155 Å². The first-order chi connectivity index (χ1) is 12.6. The summed E-state index contributed by atoms with van der Waals surface area (Å²) in [6, 6.07) is 12.2. The van der Waals surface area contributed by atoms with E-state index >= 15 is 0 Å². The summed E-state index contributed by atoms with van der Waals surface area (Å²) in [5.74, 6) is 1.69. The number of hydrogen-bond donors (Lipinski definition) is 0. The first kappa shape index (κ1) is 16.5. The molecule has 0 aliphatic carbocycles. The van der Waals surface area contributed by atoms with Gasteiger partial charge in [0.1, 0.15) is 5.82 Å². The van der Waals surface area contributed by atoms with Crippen molar-refractivity contribution in [1.29, 1.82) is 0 Å². The van der Waals surface area contributed by atoms with Gasteiger partial charge in [0.2, 0.25) is 0 Å². The second-order valence-electron chi connectivity index (χ2n) is 6.37. The number of hydrogen-bond acceptors (Lipinski definition) is 6. The van der Waals surface area contributed by atoms with E-state index in [9.17, 15) is 0 Å². The van der Waals surface area contributed by atoms with Crippen molar-refractivity contribution >= 4 is 11.3 Å². The summed E-state index contributed by atoms with van der Waals surface area (Å²) in [5, 5.41) is 14.4. The van der Waals surface area contributed by atoms with Gasteiger partial charge in [-0.1, -0.05) is 37.6 Å². The maximum absolute atomic E-state index is 4.81. The van der Waals surface area contributed by atoms with Crippen LogP contribution in [0.15, 0.2) is 48.0 Å². The van der Waals surface area contributed by atoms with Gasteiger partial charge in [-0.2, -0.15) is 4.68 Å². The number of nitrogens with zero attached hydrogens (tertiary/aromatic N) is 6. The van der Waals surface area contributed by atoms with E-state index in [1.54, 1.807) is 16.0 Å². The van der Waals surface area contributed by atoms with Crippen molar-refractivity contribution in [2.75, 3.05) is 0 Å². The van der Waals surface area contributed by atoms with Crippen LogP contribution in [0.3, 0.4) is 0 Å². The molecule has 0 aliphatic rings. The van der Waals surface area contributed by atoms with Gasteiger partial charge >= 0.3 is 0 Å².